The molecule has 3 N–H and O–H groups in total. The van der Waals surface area contributed by atoms with Crippen LogP contribution in [0.25, 0.3) is 0 Å². The number of carbonyl (C=O) groups is 1. The highest BCUT2D eigenvalue weighted by molar-refractivity contribution is 5.79. The van der Waals surface area contributed by atoms with E-state index in [0.717, 1.165) is 0 Å². The quantitative estimate of drug-likeness (QED) is 0.509. The van der Waals surface area contributed by atoms with Gasteiger partial charge in [-0.25, -0.2) is 0 Å². The predicted octanol–water partition coefficient (Wildman–Crippen LogP) is -1.18. The zero-order valence-electron chi connectivity index (χ0n) is 8.68. The van der Waals surface area contributed by atoms with Gasteiger partial charge in [0.25, 0.3) is 0 Å². The van der Waals surface area contributed by atoms with Crippen molar-refractivity contribution in [2.45, 2.75) is 20.0 Å². The second kappa shape index (κ2) is 6.75. The van der Waals surface area contributed by atoms with Crippen molar-refractivity contribution in [1.29, 1.82) is 0 Å². The summed E-state index contributed by atoms with van der Waals surface area (Å²) in [4.78, 5) is 13.0. The number of hydrogen-bond donors (Lipinski definition) is 3. The lowest BCUT2D eigenvalue weighted by Gasteiger charge is -2.25. The maximum atomic E-state index is 11.6. The minimum atomic E-state index is -0.720. The fourth-order valence-corrected chi connectivity index (χ4v) is 1.07. The maximum absolute atomic E-state index is 11.6. The molecule has 0 radical (unpaired) electrons. The molecular weight excluding hydrogens is 186 g/mol. The molecule has 0 spiro atoms. The molecule has 5 heteroatoms. The summed E-state index contributed by atoms with van der Waals surface area (Å²) in [5.41, 5.74) is 0. The van der Waals surface area contributed by atoms with Gasteiger partial charge in [0.15, 0.2) is 0 Å². The van der Waals surface area contributed by atoms with Crippen LogP contribution in [0.4, 0.5) is 0 Å². The van der Waals surface area contributed by atoms with Crippen LogP contribution in [-0.2, 0) is 4.79 Å². The molecule has 0 saturated carbocycles. The lowest BCUT2D eigenvalue weighted by Crippen LogP contribution is -2.42. The average Bonchev–Trinajstić information content (AvgIpc) is 2.15. The Morgan fingerprint density at radius 2 is 1.64 bits per heavy atom. The van der Waals surface area contributed by atoms with Crippen LogP contribution in [0.3, 0.4) is 0 Å². The van der Waals surface area contributed by atoms with E-state index in [2.05, 4.69) is 0 Å². The van der Waals surface area contributed by atoms with Crippen molar-refractivity contribution in [3.05, 3.63) is 0 Å². The van der Waals surface area contributed by atoms with Crippen LogP contribution in [0.15, 0.2) is 0 Å². The third kappa shape index (κ3) is 4.04. The van der Waals surface area contributed by atoms with E-state index in [-0.39, 0.29) is 32.2 Å². The summed E-state index contributed by atoms with van der Waals surface area (Å²) in [7, 11) is 0. The molecule has 2 unspecified atom stereocenters. The van der Waals surface area contributed by atoms with Gasteiger partial charge in [-0.3, -0.25) is 4.79 Å². The van der Waals surface area contributed by atoms with Gasteiger partial charge in [-0.2, -0.15) is 0 Å². The number of carbonyl (C=O) groups excluding carboxylic acids is 1. The second-order valence-electron chi connectivity index (χ2n) is 3.30. The molecule has 0 rings (SSSR count). The first kappa shape index (κ1) is 13.4. The minimum absolute atomic E-state index is 0.141. The zero-order chi connectivity index (χ0) is 11.1. The summed E-state index contributed by atoms with van der Waals surface area (Å²) in [5, 5.41) is 26.6. The fourth-order valence-electron chi connectivity index (χ4n) is 1.07. The first-order valence-corrected chi connectivity index (χ1v) is 4.73. The molecule has 0 aliphatic carbocycles. The summed E-state index contributed by atoms with van der Waals surface area (Å²) < 4.78 is 0. The Morgan fingerprint density at radius 1 is 1.21 bits per heavy atom. The normalized spacial score (nSPS) is 14.9. The van der Waals surface area contributed by atoms with Gasteiger partial charge in [0.2, 0.25) is 5.91 Å². The number of hydrogen-bond acceptors (Lipinski definition) is 4. The zero-order valence-corrected chi connectivity index (χ0v) is 8.68. The molecule has 1 amide bonds. The highest BCUT2D eigenvalue weighted by Gasteiger charge is 2.23. The highest BCUT2D eigenvalue weighted by atomic mass is 16.3. The van der Waals surface area contributed by atoms with Gasteiger partial charge in [0.1, 0.15) is 0 Å². The Kier molecular flexibility index (Phi) is 6.44. The largest absolute Gasteiger partial charge is 0.395 e. The van der Waals surface area contributed by atoms with Crippen molar-refractivity contribution in [1.82, 2.24) is 4.90 Å². The fraction of sp³-hybridized carbons (Fsp3) is 0.889. The number of nitrogens with zero attached hydrogens (tertiary/aromatic N) is 1. The van der Waals surface area contributed by atoms with Crippen LogP contribution in [0.1, 0.15) is 13.8 Å². The van der Waals surface area contributed by atoms with Crippen LogP contribution in [-0.4, -0.2) is 58.5 Å². The Labute approximate surface area is 84.0 Å². The van der Waals surface area contributed by atoms with E-state index < -0.39 is 12.0 Å². The average molecular weight is 205 g/mol. The maximum Gasteiger partial charge on any atom is 0.228 e. The SMILES string of the molecule is CC(O)C(C)C(=O)N(CCO)CCO. The summed E-state index contributed by atoms with van der Waals surface area (Å²) in [5.74, 6) is -0.754. The number of rotatable bonds is 6. The van der Waals surface area contributed by atoms with Gasteiger partial charge in [0.05, 0.1) is 25.2 Å². The number of aliphatic hydroxyl groups is 3. The van der Waals surface area contributed by atoms with Gasteiger partial charge in [-0.1, -0.05) is 6.92 Å². The molecule has 0 aromatic rings. The smallest absolute Gasteiger partial charge is 0.228 e. The van der Waals surface area contributed by atoms with Crippen LogP contribution in [0, 0.1) is 5.92 Å². The molecule has 0 aliphatic rings. The van der Waals surface area contributed by atoms with E-state index in [0.29, 0.717) is 0 Å². The van der Waals surface area contributed by atoms with Gasteiger partial charge in [0, 0.05) is 13.1 Å². The van der Waals surface area contributed by atoms with E-state index in [1.165, 1.54) is 4.90 Å². The van der Waals surface area contributed by atoms with Crippen molar-refractivity contribution in [2.24, 2.45) is 5.92 Å². The standard InChI is InChI=1S/C9H19NO4/c1-7(8(2)13)9(14)10(3-5-11)4-6-12/h7-8,11-13H,3-6H2,1-2H3. The van der Waals surface area contributed by atoms with Crippen LogP contribution in [0.5, 0.6) is 0 Å². The van der Waals surface area contributed by atoms with Gasteiger partial charge >= 0.3 is 0 Å². The Hall–Kier alpha value is -0.650. The van der Waals surface area contributed by atoms with E-state index in [1.54, 1.807) is 13.8 Å². The Balaban J connectivity index is 4.26. The van der Waals surface area contributed by atoms with Crippen molar-refractivity contribution in [3.63, 3.8) is 0 Å². The molecule has 0 aromatic heterocycles. The second-order valence-corrected chi connectivity index (χ2v) is 3.30. The van der Waals surface area contributed by atoms with Gasteiger partial charge in [-0.15, -0.1) is 0 Å². The van der Waals surface area contributed by atoms with Gasteiger partial charge < -0.3 is 20.2 Å². The predicted molar refractivity (Wildman–Crippen MR) is 51.6 cm³/mol. The molecule has 84 valence electrons. The Morgan fingerprint density at radius 3 is 1.93 bits per heavy atom. The van der Waals surface area contributed by atoms with E-state index in [9.17, 15) is 9.90 Å². The lowest BCUT2D eigenvalue weighted by molar-refractivity contribution is -0.139. The molecule has 0 heterocycles. The molecule has 0 aromatic carbocycles. The number of amides is 1. The van der Waals surface area contributed by atoms with E-state index in [4.69, 9.17) is 10.2 Å². The van der Waals surface area contributed by atoms with Crippen LogP contribution >= 0.6 is 0 Å². The molecule has 14 heavy (non-hydrogen) atoms. The topological polar surface area (TPSA) is 81.0 Å². The van der Waals surface area contributed by atoms with Crippen LogP contribution in [0.2, 0.25) is 0 Å². The minimum Gasteiger partial charge on any atom is -0.395 e. The molecule has 0 saturated heterocycles. The van der Waals surface area contributed by atoms with E-state index in [1.807, 2.05) is 0 Å². The lowest BCUT2D eigenvalue weighted by atomic mass is 10.0. The first-order chi connectivity index (χ1) is 6.54. The van der Waals surface area contributed by atoms with E-state index >= 15 is 0 Å². The van der Waals surface area contributed by atoms with Gasteiger partial charge in [-0.05, 0) is 6.92 Å². The molecule has 2 atom stereocenters. The molecule has 5 nitrogen and oxygen atoms in total. The molecule has 0 aliphatic heterocycles. The molecular formula is C9H19NO4. The first-order valence-electron chi connectivity index (χ1n) is 4.73. The third-order valence-electron chi connectivity index (χ3n) is 2.16. The molecule has 0 bridgehead atoms. The van der Waals surface area contributed by atoms with Crippen molar-refractivity contribution < 1.29 is 20.1 Å². The van der Waals surface area contributed by atoms with Crippen molar-refractivity contribution >= 4 is 5.91 Å². The van der Waals surface area contributed by atoms with Crippen LogP contribution < -0.4 is 0 Å². The molecule has 0 fully saturated rings. The monoisotopic (exact) mass is 205 g/mol. The van der Waals surface area contributed by atoms with Crippen molar-refractivity contribution in [3.8, 4) is 0 Å². The Bertz CT molecular complexity index is 166. The third-order valence-corrected chi connectivity index (χ3v) is 2.16. The van der Waals surface area contributed by atoms with Crippen molar-refractivity contribution in [2.75, 3.05) is 26.3 Å². The summed E-state index contributed by atoms with van der Waals surface area (Å²) in [6, 6.07) is 0. The number of aliphatic hydroxyl groups excluding tert-OH is 3. The summed E-state index contributed by atoms with van der Waals surface area (Å²) in [6.45, 7) is 3.26. The summed E-state index contributed by atoms with van der Waals surface area (Å²) >= 11 is 0. The summed E-state index contributed by atoms with van der Waals surface area (Å²) in [6.07, 6.45) is -0.720. The highest BCUT2D eigenvalue weighted by Crippen LogP contribution is 2.07.